The van der Waals surface area contributed by atoms with E-state index in [9.17, 15) is 0 Å². The Labute approximate surface area is 139 Å². The molecule has 2 aromatic rings. The third kappa shape index (κ3) is 3.89. The van der Waals surface area contributed by atoms with Crippen LogP contribution in [0.25, 0.3) is 0 Å². The van der Waals surface area contributed by atoms with E-state index in [1.807, 2.05) is 48.5 Å². The zero-order chi connectivity index (χ0) is 15.2. The Morgan fingerprint density at radius 2 is 1.67 bits per heavy atom. The number of benzene rings is 2. The van der Waals surface area contributed by atoms with Crippen LogP contribution in [0.3, 0.4) is 0 Å². The van der Waals surface area contributed by atoms with Crippen molar-refractivity contribution in [3.05, 3.63) is 57.7 Å². The lowest BCUT2D eigenvalue weighted by atomic mass is 10.00. The van der Waals surface area contributed by atoms with Crippen LogP contribution in [-0.4, -0.2) is 13.2 Å². The summed E-state index contributed by atoms with van der Waals surface area (Å²) < 4.78 is 12.7. The first-order valence-corrected chi connectivity index (χ1v) is 8.05. The molecular formula is C17H20INO2. The summed E-state index contributed by atoms with van der Waals surface area (Å²) in [6.45, 7) is 2.06. The van der Waals surface area contributed by atoms with Crippen molar-refractivity contribution in [2.24, 2.45) is 5.73 Å². The molecule has 0 saturated carbocycles. The highest BCUT2D eigenvalue weighted by atomic mass is 127. The highest BCUT2D eigenvalue weighted by molar-refractivity contribution is 14.1. The molecule has 0 heterocycles. The van der Waals surface area contributed by atoms with Crippen molar-refractivity contribution in [1.29, 1.82) is 0 Å². The molecule has 3 nitrogen and oxygen atoms in total. The van der Waals surface area contributed by atoms with E-state index in [-0.39, 0.29) is 12.1 Å². The zero-order valence-corrected chi connectivity index (χ0v) is 14.4. The van der Waals surface area contributed by atoms with Crippen molar-refractivity contribution in [2.75, 3.05) is 7.11 Å². The Kier molecular flexibility index (Phi) is 5.87. The molecule has 2 N–H and O–H groups in total. The largest absolute Gasteiger partial charge is 0.496 e. The molecule has 21 heavy (non-hydrogen) atoms. The normalized spacial score (nSPS) is 13.5. The molecule has 4 heteroatoms. The lowest BCUT2D eigenvalue weighted by molar-refractivity contribution is 0.165. The van der Waals surface area contributed by atoms with Gasteiger partial charge in [0, 0.05) is 11.6 Å². The van der Waals surface area contributed by atoms with Gasteiger partial charge < -0.3 is 15.2 Å². The summed E-state index contributed by atoms with van der Waals surface area (Å²) in [6.07, 6.45) is 0.591. The Balaban J connectivity index is 2.37. The summed E-state index contributed by atoms with van der Waals surface area (Å²) in [6, 6.07) is 15.7. The van der Waals surface area contributed by atoms with E-state index < -0.39 is 0 Å². The number of nitrogens with two attached hydrogens (primary N) is 1. The van der Waals surface area contributed by atoms with Gasteiger partial charge in [0.15, 0.2) is 0 Å². The average Bonchev–Trinajstić information content (AvgIpc) is 2.53. The van der Waals surface area contributed by atoms with Gasteiger partial charge in [0.25, 0.3) is 0 Å². The standard InChI is InChI=1S/C17H20INO2/c1-3-14(19)17(12-8-4-6-10-15(12)20-2)21-16-11-7-5-9-13(16)18/h4-11,14,17H,3,19H2,1-2H3. The van der Waals surface area contributed by atoms with Gasteiger partial charge in [-0.15, -0.1) is 0 Å². The molecule has 2 aromatic carbocycles. The summed E-state index contributed by atoms with van der Waals surface area (Å²) in [5.41, 5.74) is 7.27. The fraction of sp³-hybridized carbons (Fsp3) is 0.294. The van der Waals surface area contributed by atoms with E-state index in [0.717, 1.165) is 27.1 Å². The van der Waals surface area contributed by atoms with E-state index in [1.165, 1.54) is 0 Å². The Morgan fingerprint density at radius 1 is 1.05 bits per heavy atom. The second-order valence-electron chi connectivity index (χ2n) is 4.78. The van der Waals surface area contributed by atoms with Crippen molar-refractivity contribution in [3.8, 4) is 11.5 Å². The van der Waals surface area contributed by atoms with Gasteiger partial charge in [0.1, 0.15) is 17.6 Å². The topological polar surface area (TPSA) is 44.5 Å². The molecule has 0 aliphatic rings. The third-order valence-electron chi connectivity index (χ3n) is 3.40. The highest BCUT2D eigenvalue weighted by Crippen LogP contribution is 2.33. The van der Waals surface area contributed by atoms with Gasteiger partial charge in [-0.2, -0.15) is 0 Å². The molecule has 112 valence electrons. The van der Waals surface area contributed by atoms with Crippen LogP contribution >= 0.6 is 22.6 Å². The lowest BCUT2D eigenvalue weighted by Gasteiger charge is -2.26. The summed E-state index contributed by atoms with van der Waals surface area (Å²) in [4.78, 5) is 0. The van der Waals surface area contributed by atoms with Crippen molar-refractivity contribution < 1.29 is 9.47 Å². The third-order valence-corrected chi connectivity index (χ3v) is 4.29. The van der Waals surface area contributed by atoms with Gasteiger partial charge in [-0.3, -0.25) is 0 Å². The van der Waals surface area contributed by atoms with Crippen LogP contribution in [0.5, 0.6) is 11.5 Å². The SMILES string of the molecule is CCC(N)C(Oc1ccccc1I)c1ccccc1OC. The van der Waals surface area contributed by atoms with Crippen molar-refractivity contribution in [1.82, 2.24) is 0 Å². The smallest absolute Gasteiger partial charge is 0.142 e. The van der Waals surface area contributed by atoms with Gasteiger partial charge in [0.05, 0.1) is 10.7 Å². The Bertz CT molecular complexity index is 589. The van der Waals surface area contributed by atoms with Gasteiger partial charge >= 0.3 is 0 Å². The quantitative estimate of drug-likeness (QED) is 0.745. The predicted molar refractivity (Wildman–Crippen MR) is 93.8 cm³/mol. The highest BCUT2D eigenvalue weighted by Gasteiger charge is 2.24. The maximum Gasteiger partial charge on any atom is 0.142 e. The van der Waals surface area contributed by atoms with Crippen LogP contribution in [0.1, 0.15) is 25.0 Å². The molecule has 0 saturated heterocycles. The number of rotatable bonds is 6. The number of ether oxygens (including phenoxy) is 2. The first kappa shape index (κ1) is 16.1. The molecule has 0 amide bonds. The Morgan fingerprint density at radius 3 is 2.29 bits per heavy atom. The first-order chi connectivity index (χ1) is 10.2. The molecule has 0 aliphatic carbocycles. The Hall–Kier alpha value is -1.27. The molecule has 0 fully saturated rings. The van der Waals surface area contributed by atoms with Crippen molar-refractivity contribution in [3.63, 3.8) is 0 Å². The number of hydrogen-bond donors (Lipinski definition) is 1. The second kappa shape index (κ2) is 7.66. The molecule has 0 aromatic heterocycles. The summed E-state index contributed by atoms with van der Waals surface area (Å²) in [7, 11) is 1.67. The number of para-hydroxylation sites is 2. The fourth-order valence-electron chi connectivity index (χ4n) is 2.17. The molecular weight excluding hydrogens is 377 g/mol. The van der Waals surface area contributed by atoms with Crippen molar-refractivity contribution >= 4 is 22.6 Å². The van der Waals surface area contributed by atoms with E-state index in [4.69, 9.17) is 15.2 Å². The van der Waals surface area contributed by atoms with Crippen molar-refractivity contribution in [2.45, 2.75) is 25.5 Å². The minimum Gasteiger partial charge on any atom is -0.496 e. The summed E-state index contributed by atoms with van der Waals surface area (Å²) >= 11 is 2.27. The minimum absolute atomic E-state index is 0.0997. The van der Waals surface area contributed by atoms with Gasteiger partial charge in [-0.05, 0) is 47.2 Å². The van der Waals surface area contributed by atoms with Crippen LogP contribution in [-0.2, 0) is 0 Å². The fourth-order valence-corrected chi connectivity index (χ4v) is 2.69. The molecule has 0 aliphatic heterocycles. The molecule has 2 rings (SSSR count). The number of halogens is 1. The predicted octanol–water partition coefficient (Wildman–Crippen LogP) is 4.16. The summed E-state index contributed by atoms with van der Waals surface area (Å²) in [5.74, 6) is 1.65. The van der Waals surface area contributed by atoms with E-state index in [2.05, 4.69) is 29.5 Å². The van der Waals surface area contributed by atoms with Crippen LogP contribution < -0.4 is 15.2 Å². The maximum absolute atomic E-state index is 6.29. The molecule has 2 unspecified atom stereocenters. The van der Waals surface area contributed by atoms with E-state index >= 15 is 0 Å². The molecule has 0 radical (unpaired) electrons. The monoisotopic (exact) mass is 397 g/mol. The van der Waals surface area contributed by atoms with Crippen LogP contribution in [0, 0.1) is 3.57 Å². The molecule has 2 atom stereocenters. The molecule has 0 bridgehead atoms. The maximum atomic E-state index is 6.29. The summed E-state index contributed by atoms with van der Waals surface area (Å²) in [5, 5.41) is 0. The second-order valence-corrected chi connectivity index (χ2v) is 5.95. The van der Waals surface area contributed by atoms with Gasteiger partial charge in [-0.1, -0.05) is 37.3 Å². The number of hydrogen-bond acceptors (Lipinski definition) is 3. The van der Waals surface area contributed by atoms with Gasteiger partial charge in [-0.25, -0.2) is 0 Å². The first-order valence-electron chi connectivity index (χ1n) is 6.97. The van der Waals surface area contributed by atoms with Gasteiger partial charge in [0.2, 0.25) is 0 Å². The minimum atomic E-state index is -0.234. The van der Waals surface area contributed by atoms with E-state index in [1.54, 1.807) is 7.11 Å². The van der Waals surface area contributed by atoms with Crippen LogP contribution in [0.2, 0.25) is 0 Å². The molecule has 0 spiro atoms. The van der Waals surface area contributed by atoms with Crippen LogP contribution in [0.4, 0.5) is 0 Å². The lowest BCUT2D eigenvalue weighted by Crippen LogP contribution is -2.32. The number of methoxy groups -OCH3 is 1. The zero-order valence-electron chi connectivity index (χ0n) is 12.3. The average molecular weight is 397 g/mol. The van der Waals surface area contributed by atoms with E-state index in [0.29, 0.717) is 0 Å². The van der Waals surface area contributed by atoms with Crippen LogP contribution in [0.15, 0.2) is 48.5 Å².